The number of rotatable bonds is 7. The molecule has 0 N–H and O–H groups in total. The standard InChI is InChI=1S/C22H25NO4/c1-3-19-15-26-16-21(19)23(13-17-9-11-20(25-2)12-10-17)22(24)27-14-18-7-5-4-6-8-18/h3-12,19,21H,1,13-16H2,2H3/t19-,21-/m0/s1. The first kappa shape index (κ1) is 19.0. The molecule has 5 heteroatoms. The Labute approximate surface area is 160 Å². The molecule has 3 rings (SSSR count). The van der Waals surface area contributed by atoms with E-state index in [0.717, 1.165) is 16.9 Å². The fraction of sp³-hybridized carbons (Fsp3) is 0.318. The van der Waals surface area contributed by atoms with Crippen LogP contribution in [0.25, 0.3) is 0 Å². The average Bonchev–Trinajstić information content (AvgIpc) is 3.20. The van der Waals surface area contributed by atoms with E-state index in [1.165, 1.54) is 0 Å². The minimum atomic E-state index is -0.350. The summed E-state index contributed by atoms with van der Waals surface area (Å²) in [5.74, 6) is 0.873. The summed E-state index contributed by atoms with van der Waals surface area (Å²) in [5.41, 5.74) is 1.96. The van der Waals surface area contributed by atoms with Crippen molar-refractivity contribution in [2.75, 3.05) is 20.3 Å². The zero-order valence-electron chi connectivity index (χ0n) is 15.5. The van der Waals surface area contributed by atoms with Crippen molar-refractivity contribution in [1.82, 2.24) is 4.90 Å². The van der Waals surface area contributed by atoms with Gasteiger partial charge in [-0.1, -0.05) is 48.5 Å². The second-order valence-electron chi connectivity index (χ2n) is 6.52. The highest BCUT2D eigenvalue weighted by atomic mass is 16.6. The number of hydrogen-bond donors (Lipinski definition) is 0. The van der Waals surface area contributed by atoms with Gasteiger partial charge in [0.2, 0.25) is 0 Å². The zero-order chi connectivity index (χ0) is 19.1. The molecule has 1 aliphatic rings. The Bertz CT molecular complexity index is 745. The molecule has 0 bridgehead atoms. The first-order valence-electron chi connectivity index (χ1n) is 9.02. The molecule has 2 aromatic rings. The molecule has 1 fully saturated rings. The van der Waals surface area contributed by atoms with E-state index >= 15 is 0 Å². The maximum atomic E-state index is 12.9. The van der Waals surface area contributed by atoms with Crippen molar-refractivity contribution in [2.45, 2.75) is 19.2 Å². The number of benzene rings is 2. The van der Waals surface area contributed by atoms with E-state index in [9.17, 15) is 4.79 Å². The smallest absolute Gasteiger partial charge is 0.410 e. The summed E-state index contributed by atoms with van der Waals surface area (Å²) >= 11 is 0. The van der Waals surface area contributed by atoms with Crippen molar-refractivity contribution in [3.05, 3.63) is 78.4 Å². The van der Waals surface area contributed by atoms with Crippen molar-refractivity contribution in [2.24, 2.45) is 5.92 Å². The van der Waals surface area contributed by atoms with Crippen molar-refractivity contribution in [3.63, 3.8) is 0 Å². The predicted molar refractivity (Wildman–Crippen MR) is 103 cm³/mol. The minimum absolute atomic E-state index is 0.0899. The SMILES string of the molecule is C=C[C@H]1COC[C@@H]1N(Cc1ccc(OC)cc1)C(=O)OCc1ccccc1. The van der Waals surface area contributed by atoms with Crippen LogP contribution in [-0.2, 0) is 22.6 Å². The number of nitrogens with zero attached hydrogens (tertiary/aromatic N) is 1. The van der Waals surface area contributed by atoms with Crippen molar-refractivity contribution >= 4 is 6.09 Å². The second kappa shape index (κ2) is 9.24. The number of methoxy groups -OCH3 is 1. The predicted octanol–water partition coefficient (Wildman–Crippen LogP) is 4.04. The molecule has 2 aromatic carbocycles. The van der Waals surface area contributed by atoms with Crippen LogP contribution in [0.3, 0.4) is 0 Å². The van der Waals surface area contributed by atoms with Crippen LogP contribution in [0.15, 0.2) is 67.3 Å². The summed E-state index contributed by atoms with van der Waals surface area (Å²) in [6.07, 6.45) is 1.50. The normalized spacial score (nSPS) is 18.7. The van der Waals surface area contributed by atoms with Gasteiger partial charge in [0.25, 0.3) is 0 Å². The molecule has 0 saturated carbocycles. The van der Waals surface area contributed by atoms with Crippen molar-refractivity contribution in [1.29, 1.82) is 0 Å². The third kappa shape index (κ3) is 4.89. The van der Waals surface area contributed by atoms with Crippen LogP contribution >= 0.6 is 0 Å². The highest BCUT2D eigenvalue weighted by molar-refractivity contribution is 5.68. The van der Waals surface area contributed by atoms with Gasteiger partial charge in [0.05, 0.1) is 26.4 Å². The lowest BCUT2D eigenvalue weighted by atomic mass is 10.0. The fourth-order valence-corrected chi connectivity index (χ4v) is 3.15. The van der Waals surface area contributed by atoms with Gasteiger partial charge in [0.1, 0.15) is 12.4 Å². The fourth-order valence-electron chi connectivity index (χ4n) is 3.15. The Morgan fingerprint density at radius 3 is 2.56 bits per heavy atom. The van der Waals surface area contributed by atoms with Gasteiger partial charge in [-0.25, -0.2) is 4.79 Å². The molecule has 0 aromatic heterocycles. The van der Waals surface area contributed by atoms with Crippen LogP contribution in [0.2, 0.25) is 0 Å². The second-order valence-corrected chi connectivity index (χ2v) is 6.52. The van der Waals surface area contributed by atoms with Gasteiger partial charge in [0, 0.05) is 12.5 Å². The molecule has 1 heterocycles. The van der Waals surface area contributed by atoms with E-state index in [4.69, 9.17) is 14.2 Å². The monoisotopic (exact) mass is 367 g/mol. The van der Waals surface area contributed by atoms with Gasteiger partial charge in [-0.15, -0.1) is 6.58 Å². The maximum absolute atomic E-state index is 12.9. The Morgan fingerprint density at radius 2 is 1.89 bits per heavy atom. The molecule has 1 saturated heterocycles. The summed E-state index contributed by atoms with van der Waals surface area (Å²) in [6.45, 7) is 5.61. The van der Waals surface area contributed by atoms with Crippen LogP contribution in [0.5, 0.6) is 5.75 Å². The van der Waals surface area contributed by atoms with Crippen LogP contribution in [-0.4, -0.2) is 37.4 Å². The van der Waals surface area contributed by atoms with Crippen LogP contribution in [0.4, 0.5) is 4.79 Å². The number of carbonyl (C=O) groups excluding carboxylic acids is 1. The third-order valence-corrected chi connectivity index (χ3v) is 4.75. The topological polar surface area (TPSA) is 48.0 Å². The Morgan fingerprint density at radius 1 is 1.15 bits per heavy atom. The Hall–Kier alpha value is -2.79. The lowest BCUT2D eigenvalue weighted by molar-refractivity contribution is 0.0691. The summed E-state index contributed by atoms with van der Waals surface area (Å²) in [4.78, 5) is 14.6. The van der Waals surface area contributed by atoms with E-state index in [2.05, 4.69) is 6.58 Å². The van der Waals surface area contributed by atoms with Crippen molar-refractivity contribution < 1.29 is 19.0 Å². The van der Waals surface area contributed by atoms with E-state index in [1.807, 2.05) is 60.7 Å². The number of amides is 1. The summed E-state index contributed by atoms with van der Waals surface area (Å²) < 4.78 is 16.4. The molecule has 0 radical (unpaired) electrons. The lowest BCUT2D eigenvalue weighted by Gasteiger charge is -2.30. The van der Waals surface area contributed by atoms with E-state index in [-0.39, 0.29) is 24.7 Å². The van der Waals surface area contributed by atoms with E-state index in [0.29, 0.717) is 19.8 Å². The molecule has 0 spiro atoms. The molecular formula is C22H25NO4. The molecule has 27 heavy (non-hydrogen) atoms. The highest BCUT2D eigenvalue weighted by Crippen LogP contribution is 2.24. The van der Waals surface area contributed by atoms with Crippen LogP contribution in [0, 0.1) is 5.92 Å². The van der Waals surface area contributed by atoms with E-state index in [1.54, 1.807) is 12.0 Å². The van der Waals surface area contributed by atoms with Gasteiger partial charge < -0.3 is 14.2 Å². The number of carbonyl (C=O) groups is 1. The first-order valence-corrected chi connectivity index (χ1v) is 9.02. The minimum Gasteiger partial charge on any atom is -0.497 e. The molecule has 5 nitrogen and oxygen atoms in total. The molecule has 2 atom stereocenters. The Balaban J connectivity index is 1.73. The molecule has 1 amide bonds. The van der Waals surface area contributed by atoms with Crippen molar-refractivity contribution in [3.8, 4) is 5.75 Å². The van der Waals surface area contributed by atoms with Gasteiger partial charge in [-0.05, 0) is 23.3 Å². The van der Waals surface area contributed by atoms with E-state index < -0.39 is 0 Å². The van der Waals surface area contributed by atoms with Crippen LogP contribution < -0.4 is 4.74 Å². The quantitative estimate of drug-likeness (QED) is 0.693. The van der Waals surface area contributed by atoms with Crippen LogP contribution in [0.1, 0.15) is 11.1 Å². The Kier molecular flexibility index (Phi) is 6.49. The van der Waals surface area contributed by atoms with Gasteiger partial charge in [0.15, 0.2) is 0 Å². The third-order valence-electron chi connectivity index (χ3n) is 4.75. The maximum Gasteiger partial charge on any atom is 0.410 e. The lowest BCUT2D eigenvalue weighted by Crippen LogP contribution is -2.43. The summed E-state index contributed by atoms with van der Waals surface area (Å²) in [5, 5.41) is 0. The molecule has 142 valence electrons. The largest absolute Gasteiger partial charge is 0.497 e. The molecule has 0 aliphatic carbocycles. The van der Waals surface area contributed by atoms with Gasteiger partial charge in [-0.3, -0.25) is 4.90 Å². The highest BCUT2D eigenvalue weighted by Gasteiger charge is 2.35. The van der Waals surface area contributed by atoms with Gasteiger partial charge >= 0.3 is 6.09 Å². The number of hydrogen-bond acceptors (Lipinski definition) is 4. The van der Waals surface area contributed by atoms with Gasteiger partial charge in [-0.2, -0.15) is 0 Å². The first-order chi connectivity index (χ1) is 13.2. The molecule has 0 unspecified atom stereocenters. The molecule has 1 aliphatic heterocycles. The molecular weight excluding hydrogens is 342 g/mol. The summed E-state index contributed by atoms with van der Waals surface area (Å²) in [7, 11) is 1.63. The zero-order valence-corrected chi connectivity index (χ0v) is 15.5. The summed E-state index contributed by atoms with van der Waals surface area (Å²) in [6, 6.07) is 17.3. The number of ether oxygens (including phenoxy) is 3. The average molecular weight is 367 g/mol.